The van der Waals surface area contributed by atoms with Gasteiger partial charge in [0.05, 0.1) is 59.3 Å². The fourth-order valence-corrected chi connectivity index (χ4v) is 7.23. The van der Waals surface area contributed by atoms with Crippen molar-refractivity contribution in [3.63, 3.8) is 0 Å². The first-order chi connectivity index (χ1) is 25.1. The van der Waals surface area contributed by atoms with Gasteiger partial charge in [-0.1, -0.05) is 84.9 Å². The monoisotopic (exact) mass is 692 g/mol. The Kier molecular flexibility index (Phi) is 8.59. The van der Waals surface area contributed by atoms with Gasteiger partial charge >= 0.3 is 0 Å². The molecule has 0 saturated carbocycles. The van der Waals surface area contributed by atoms with Crippen LogP contribution in [0.2, 0.25) is 0 Å². The van der Waals surface area contributed by atoms with Crippen molar-refractivity contribution in [3.8, 4) is 11.5 Å². The standard InChI is InChI=1S/C22H20N2O4.C20H16N2O2/c1-23-19(13-9-5-7-11-15(13)27-3)17-18(21(23)25)20(24(2)22(17)26)14-10-6-8-12-16(14)28-4;1-21-17(13-9-5-3-6-10-13)15-16(19(21)23)18(22(2)20(15)24)14-11-7-4-8-12-14/h5-12H,1-4H3;3-12H,1-2H3. The van der Waals surface area contributed by atoms with Crippen LogP contribution in [0.4, 0.5) is 0 Å². The Hall–Kier alpha value is -6.68. The van der Waals surface area contributed by atoms with E-state index in [2.05, 4.69) is 0 Å². The van der Waals surface area contributed by atoms with Crippen molar-refractivity contribution in [1.29, 1.82) is 0 Å². The fourth-order valence-electron chi connectivity index (χ4n) is 7.23. The number of fused-ring (bicyclic) bond motifs is 2. The zero-order valence-corrected chi connectivity index (χ0v) is 29.6. The summed E-state index contributed by atoms with van der Waals surface area (Å²) in [5, 5.41) is 0. The maximum absolute atomic E-state index is 13.2. The van der Waals surface area contributed by atoms with E-state index in [4.69, 9.17) is 9.47 Å². The van der Waals surface area contributed by atoms with Crippen LogP contribution >= 0.6 is 0 Å². The summed E-state index contributed by atoms with van der Waals surface area (Å²) in [6.07, 6.45) is 0. The van der Waals surface area contributed by atoms with Crippen LogP contribution in [0, 0.1) is 0 Å². The highest BCUT2D eigenvalue weighted by molar-refractivity contribution is 6.31. The molecule has 4 amide bonds. The van der Waals surface area contributed by atoms with Crippen LogP contribution in [0.25, 0.3) is 22.8 Å². The molecule has 0 saturated heterocycles. The number of para-hydroxylation sites is 2. The van der Waals surface area contributed by atoms with Crippen LogP contribution in [0.15, 0.2) is 131 Å². The third-order valence-electron chi connectivity index (χ3n) is 9.68. The molecular weight excluding hydrogens is 656 g/mol. The molecule has 0 atom stereocenters. The summed E-state index contributed by atoms with van der Waals surface area (Å²) >= 11 is 0. The molecule has 0 N–H and O–H groups in total. The number of amides is 4. The van der Waals surface area contributed by atoms with Gasteiger partial charge in [-0.2, -0.15) is 0 Å². The van der Waals surface area contributed by atoms with Crippen molar-refractivity contribution in [1.82, 2.24) is 19.6 Å². The largest absolute Gasteiger partial charge is 0.496 e. The van der Waals surface area contributed by atoms with Crippen LogP contribution in [0.1, 0.15) is 22.3 Å². The Balaban J connectivity index is 0.000000164. The molecule has 0 fully saturated rings. The number of hydrogen-bond acceptors (Lipinski definition) is 6. The molecule has 4 aromatic carbocycles. The average Bonchev–Trinajstić information content (AvgIpc) is 3.79. The molecule has 0 aromatic heterocycles. The molecule has 4 aliphatic rings. The molecule has 10 heteroatoms. The zero-order valence-electron chi connectivity index (χ0n) is 29.6. The summed E-state index contributed by atoms with van der Waals surface area (Å²) in [7, 11) is 9.93. The highest BCUT2D eigenvalue weighted by atomic mass is 16.5. The average molecular weight is 693 g/mol. The Morgan fingerprint density at radius 3 is 0.962 bits per heavy atom. The number of likely N-dealkylation sites (N-methyl/N-ethyl adjacent to an activating group) is 4. The Bertz CT molecular complexity index is 2140. The molecule has 0 aliphatic carbocycles. The molecule has 52 heavy (non-hydrogen) atoms. The fraction of sp³-hybridized carbons (Fsp3) is 0.143. The highest BCUT2D eigenvalue weighted by Gasteiger charge is 2.48. The number of nitrogens with zero attached hydrogens (tertiary/aromatic N) is 4. The lowest BCUT2D eigenvalue weighted by Gasteiger charge is -2.21. The molecule has 4 aliphatic heterocycles. The number of hydrogen-bond donors (Lipinski definition) is 0. The van der Waals surface area contributed by atoms with E-state index >= 15 is 0 Å². The maximum atomic E-state index is 13.2. The second-order valence-corrected chi connectivity index (χ2v) is 12.5. The summed E-state index contributed by atoms with van der Waals surface area (Å²) in [5.41, 5.74) is 7.38. The lowest BCUT2D eigenvalue weighted by Crippen LogP contribution is -2.25. The summed E-state index contributed by atoms with van der Waals surface area (Å²) in [4.78, 5) is 58.4. The summed E-state index contributed by atoms with van der Waals surface area (Å²) in [6.45, 7) is 0. The van der Waals surface area contributed by atoms with E-state index in [1.165, 1.54) is 9.80 Å². The first-order valence-corrected chi connectivity index (χ1v) is 16.6. The van der Waals surface area contributed by atoms with E-state index in [0.29, 0.717) is 67.7 Å². The summed E-state index contributed by atoms with van der Waals surface area (Å²) in [6, 6.07) is 33.9. The Morgan fingerprint density at radius 2 is 0.635 bits per heavy atom. The van der Waals surface area contributed by atoms with E-state index in [1.807, 2.05) is 109 Å². The van der Waals surface area contributed by atoms with Crippen molar-refractivity contribution in [3.05, 3.63) is 154 Å². The van der Waals surface area contributed by atoms with Gasteiger partial charge in [0.1, 0.15) is 11.5 Å². The van der Waals surface area contributed by atoms with Crippen LogP contribution < -0.4 is 9.47 Å². The summed E-state index contributed by atoms with van der Waals surface area (Å²) < 4.78 is 10.9. The van der Waals surface area contributed by atoms with Gasteiger partial charge in [-0.25, -0.2) is 0 Å². The van der Waals surface area contributed by atoms with Crippen LogP contribution in [0.3, 0.4) is 0 Å². The van der Waals surface area contributed by atoms with Gasteiger partial charge in [-0.3, -0.25) is 19.2 Å². The number of rotatable bonds is 6. The highest BCUT2D eigenvalue weighted by Crippen LogP contribution is 2.48. The number of carbonyl (C=O) groups excluding carboxylic acids is 4. The molecule has 260 valence electrons. The molecule has 0 bridgehead atoms. The van der Waals surface area contributed by atoms with Crippen molar-refractivity contribution in [2.45, 2.75) is 0 Å². The van der Waals surface area contributed by atoms with Gasteiger partial charge in [0.25, 0.3) is 23.6 Å². The molecule has 0 unspecified atom stereocenters. The molecule has 10 nitrogen and oxygen atoms in total. The van der Waals surface area contributed by atoms with Gasteiger partial charge in [0.2, 0.25) is 0 Å². The van der Waals surface area contributed by atoms with E-state index in [1.54, 1.807) is 52.2 Å². The van der Waals surface area contributed by atoms with Crippen LogP contribution in [-0.2, 0) is 19.2 Å². The minimum Gasteiger partial charge on any atom is -0.496 e. The second kappa shape index (κ2) is 13.2. The minimum absolute atomic E-state index is 0.139. The zero-order chi connectivity index (χ0) is 36.8. The molecule has 0 spiro atoms. The first-order valence-electron chi connectivity index (χ1n) is 16.6. The van der Waals surface area contributed by atoms with E-state index in [0.717, 1.165) is 11.1 Å². The van der Waals surface area contributed by atoms with Crippen LogP contribution in [0.5, 0.6) is 11.5 Å². The third kappa shape index (κ3) is 5.10. The van der Waals surface area contributed by atoms with E-state index < -0.39 is 0 Å². The quantitative estimate of drug-likeness (QED) is 0.264. The van der Waals surface area contributed by atoms with Crippen molar-refractivity contribution >= 4 is 46.4 Å². The Morgan fingerprint density at radius 1 is 0.365 bits per heavy atom. The van der Waals surface area contributed by atoms with Crippen molar-refractivity contribution in [2.75, 3.05) is 42.4 Å². The minimum atomic E-state index is -0.227. The summed E-state index contributed by atoms with van der Waals surface area (Å²) in [5.74, 6) is 0.476. The third-order valence-corrected chi connectivity index (χ3v) is 9.68. The van der Waals surface area contributed by atoms with Gasteiger partial charge in [-0.15, -0.1) is 0 Å². The van der Waals surface area contributed by atoms with E-state index in [9.17, 15) is 19.2 Å². The lowest BCUT2D eigenvalue weighted by atomic mass is 10.0. The van der Waals surface area contributed by atoms with Crippen molar-refractivity contribution < 1.29 is 28.7 Å². The van der Waals surface area contributed by atoms with E-state index in [-0.39, 0.29) is 23.6 Å². The molecule has 4 heterocycles. The predicted octanol–water partition coefficient (Wildman–Crippen LogP) is 5.52. The second-order valence-electron chi connectivity index (χ2n) is 12.5. The molecule has 0 radical (unpaired) electrons. The topological polar surface area (TPSA) is 99.7 Å². The smallest absolute Gasteiger partial charge is 0.261 e. The van der Waals surface area contributed by atoms with Gasteiger partial charge in [0.15, 0.2) is 0 Å². The van der Waals surface area contributed by atoms with Gasteiger partial charge in [0, 0.05) is 39.3 Å². The Labute approximate surface area is 301 Å². The van der Waals surface area contributed by atoms with Crippen LogP contribution in [-0.4, -0.2) is 85.6 Å². The number of methoxy groups -OCH3 is 2. The molecular formula is C42H36N4O6. The maximum Gasteiger partial charge on any atom is 0.261 e. The number of carbonyl (C=O) groups is 4. The number of benzene rings is 4. The van der Waals surface area contributed by atoms with Gasteiger partial charge < -0.3 is 29.1 Å². The molecule has 8 rings (SSSR count). The number of ether oxygens (including phenoxy) is 2. The lowest BCUT2D eigenvalue weighted by molar-refractivity contribution is -0.123. The molecule has 4 aromatic rings. The normalized spacial score (nSPS) is 16.7. The van der Waals surface area contributed by atoms with Gasteiger partial charge in [-0.05, 0) is 35.4 Å². The predicted molar refractivity (Wildman–Crippen MR) is 198 cm³/mol. The first kappa shape index (κ1) is 33.8. The van der Waals surface area contributed by atoms with Crippen molar-refractivity contribution in [2.24, 2.45) is 0 Å². The SMILES string of the molecule is CN1C(=O)C2=C(c3ccccc3)N(C)C(=O)C2=C1c1ccccc1.COc1ccccc1C1=C2C(=O)N(C)C(c3ccccc3OC)=C2C(=O)N1C.